The van der Waals surface area contributed by atoms with Crippen LogP contribution in [0.5, 0.6) is 0 Å². The number of amides is 1. The molecule has 1 atom stereocenters. The van der Waals surface area contributed by atoms with Crippen molar-refractivity contribution in [2.45, 2.75) is 71.7 Å². The minimum Gasteiger partial charge on any atom is -0.375 e. The molecule has 0 N–H and O–H groups in total. The summed E-state index contributed by atoms with van der Waals surface area (Å²) in [7, 11) is 0. The second-order valence-electron chi connectivity index (χ2n) is 8.45. The van der Waals surface area contributed by atoms with E-state index in [0.717, 1.165) is 30.2 Å². The van der Waals surface area contributed by atoms with E-state index in [1.54, 1.807) is 0 Å². The molecule has 0 saturated carbocycles. The second-order valence-corrected chi connectivity index (χ2v) is 8.45. The number of aromatic nitrogens is 2. The summed E-state index contributed by atoms with van der Waals surface area (Å²) >= 11 is 0. The molecule has 3 rings (SSSR count). The summed E-state index contributed by atoms with van der Waals surface area (Å²) in [4.78, 5) is 26.1. The summed E-state index contributed by atoms with van der Waals surface area (Å²) in [5.74, 6) is 0.981. The van der Waals surface area contributed by atoms with Crippen LogP contribution in [0.25, 0.3) is 0 Å². The number of carbonyl (C=O) groups is 1. The Labute approximate surface area is 150 Å². The minimum absolute atomic E-state index is 0.0106. The molecule has 6 nitrogen and oxygen atoms in total. The third kappa shape index (κ3) is 4.18. The lowest BCUT2D eigenvalue weighted by Crippen LogP contribution is -2.47. The van der Waals surface area contributed by atoms with Crippen LogP contribution in [0.1, 0.15) is 58.1 Å². The van der Waals surface area contributed by atoms with Gasteiger partial charge in [-0.3, -0.25) is 9.69 Å². The van der Waals surface area contributed by atoms with Crippen LogP contribution in [0.4, 0.5) is 0 Å². The molecule has 1 saturated heterocycles. The van der Waals surface area contributed by atoms with Gasteiger partial charge in [-0.15, -0.1) is 0 Å². The molecule has 1 aromatic rings. The highest BCUT2D eigenvalue weighted by atomic mass is 16.5. The van der Waals surface area contributed by atoms with Crippen LogP contribution >= 0.6 is 0 Å². The van der Waals surface area contributed by atoms with Crippen molar-refractivity contribution in [3.63, 3.8) is 0 Å². The molecular weight excluding hydrogens is 316 g/mol. The average molecular weight is 346 g/mol. The monoisotopic (exact) mass is 346 g/mol. The molecule has 0 radical (unpaired) electrons. The van der Waals surface area contributed by atoms with Gasteiger partial charge >= 0.3 is 0 Å². The maximum Gasteiger partial charge on any atom is 0.225 e. The highest BCUT2D eigenvalue weighted by Crippen LogP contribution is 2.25. The van der Waals surface area contributed by atoms with Crippen LogP contribution < -0.4 is 0 Å². The van der Waals surface area contributed by atoms with E-state index < -0.39 is 0 Å². The van der Waals surface area contributed by atoms with Gasteiger partial charge in [0.2, 0.25) is 5.91 Å². The van der Waals surface area contributed by atoms with Crippen molar-refractivity contribution in [2.75, 3.05) is 19.7 Å². The number of hydrogen-bond acceptors (Lipinski definition) is 5. The lowest BCUT2D eigenvalue weighted by Gasteiger charge is -2.35. The SMILES string of the molecule is CC(C)N1CCO[C@H](CC(=O)N2Cc3cnc(C(C)(C)C)nc3C2)C1. The molecule has 1 aromatic heterocycles. The van der Waals surface area contributed by atoms with Gasteiger partial charge in [-0.25, -0.2) is 9.97 Å². The summed E-state index contributed by atoms with van der Waals surface area (Å²) in [5, 5.41) is 0. The Hall–Kier alpha value is -1.53. The maximum absolute atomic E-state index is 12.7. The van der Waals surface area contributed by atoms with E-state index in [2.05, 4.69) is 44.5 Å². The van der Waals surface area contributed by atoms with Gasteiger partial charge in [0.05, 0.1) is 31.4 Å². The van der Waals surface area contributed by atoms with Crippen LogP contribution in [0, 0.1) is 0 Å². The molecule has 2 aliphatic heterocycles. The number of carbonyl (C=O) groups excluding carboxylic acids is 1. The van der Waals surface area contributed by atoms with E-state index in [9.17, 15) is 4.79 Å². The Morgan fingerprint density at radius 3 is 2.80 bits per heavy atom. The molecule has 0 aromatic carbocycles. The van der Waals surface area contributed by atoms with Crippen LogP contribution in [0.15, 0.2) is 6.20 Å². The van der Waals surface area contributed by atoms with Crippen molar-refractivity contribution in [2.24, 2.45) is 0 Å². The summed E-state index contributed by atoms with van der Waals surface area (Å²) in [6.07, 6.45) is 2.31. The summed E-state index contributed by atoms with van der Waals surface area (Å²) < 4.78 is 5.81. The van der Waals surface area contributed by atoms with Gasteiger partial charge in [-0.2, -0.15) is 0 Å². The first-order valence-corrected chi connectivity index (χ1v) is 9.22. The van der Waals surface area contributed by atoms with Gasteiger partial charge < -0.3 is 9.64 Å². The standard InChI is InChI=1S/C19H30N4O2/c1-13(2)22-6-7-25-15(11-22)8-17(24)23-10-14-9-20-18(19(3,4)5)21-16(14)12-23/h9,13,15H,6-8,10-12H2,1-5H3/t15-/m1/s1. The van der Waals surface area contributed by atoms with E-state index in [1.807, 2.05) is 11.1 Å². The molecule has 25 heavy (non-hydrogen) atoms. The van der Waals surface area contributed by atoms with Crippen molar-refractivity contribution in [1.29, 1.82) is 0 Å². The summed E-state index contributed by atoms with van der Waals surface area (Å²) in [5.41, 5.74) is 1.97. The summed E-state index contributed by atoms with van der Waals surface area (Å²) in [6.45, 7) is 14.4. The molecule has 0 aliphatic carbocycles. The molecule has 0 unspecified atom stereocenters. The Morgan fingerprint density at radius 2 is 2.12 bits per heavy atom. The van der Waals surface area contributed by atoms with E-state index >= 15 is 0 Å². The smallest absolute Gasteiger partial charge is 0.225 e. The van der Waals surface area contributed by atoms with Crippen LogP contribution in [-0.2, 0) is 28.0 Å². The first kappa shape index (κ1) is 18.3. The van der Waals surface area contributed by atoms with Gasteiger partial charge in [0.25, 0.3) is 0 Å². The molecule has 1 fully saturated rings. The lowest BCUT2D eigenvalue weighted by atomic mass is 9.95. The minimum atomic E-state index is -0.0807. The first-order valence-electron chi connectivity index (χ1n) is 9.22. The highest BCUT2D eigenvalue weighted by Gasteiger charge is 2.30. The summed E-state index contributed by atoms with van der Waals surface area (Å²) in [6, 6.07) is 0.489. The third-order valence-electron chi connectivity index (χ3n) is 4.98. The van der Waals surface area contributed by atoms with Gasteiger partial charge in [-0.05, 0) is 13.8 Å². The van der Waals surface area contributed by atoms with E-state index in [4.69, 9.17) is 9.72 Å². The molecule has 138 valence electrons. The lowest BCUT2D eigenvalue weighted by molar-refractivity contribution is -0.137. The molecule has 1 amide bonds. The number of ether oxygens (including phenoxy) is 1. The maximum atomic E-state index is 12.7. The van der Waals surface area contributed by atoms with Gasteiger partial charge in [-0.1, -0.05) is 20.8 Å². The van der Waals surface area contributed by atoms with E-state index in [0.29, 0.717) is 32.2 Å². The molecule has 0 spiro atoms. The van der Waals surface area contributed by atoms with Crippen molar-refractivity contribution in [3.05, 3.63) is 23.3 Å². The normalized spacial score (nSPS) is 21.7. The zero-order chi connectivity index (χ0) is 18.2. The van der Waals surface area contributed by atoms with Crippen LogP contribution in [0.3, 0.4) is 0 Å². The Kier molecular flexibility index (Phi) is 5.11. The number of nitrogens with zero attached hydrogens (tertiary/aromatic N) is 4. The van der Waals surface area contributed by atoms with Crippen molar-refractivity contribution in [1.82, 2.24) is 19.8 Å². The largest absolute Gasteiger partial charge is 0.375 e. The molecule has 2 aliphatic rings. The molecule has 3 heterocycles. The zero-order valence-electron chi connectivity index (χ0n) is 16.1. The zero-order valence-corrected chi connectivity index (χ0v) is 16.1. The fourth-order valence-electron chi connectivity index (χ4n) is 3.35. The molecule has 0 bridgehead atoms. The van der Waals surface area contributed by atoms with E-state index in [1.165, 1.54) is 0 Å². The fraction of sp³-hybridized carbons (Fsp3) is 0.737. The van der Waals surface area contributed by atoms with Gasteiger partial charge in [0, 0.05) is 42.9 Å². The topological polar surface area (TPSA) is 58.6 Å². The van der Waals surface area contributed by atoms with Crippen molar-refractivity contribution >= 4 is 5.91 Å². The van der Waals surface area contributed by atoms with Gasteiger partial charge in [0.1, 0.15) is 5.82 Å². The number of rotatable bonds is 3. The van der Waals surface area contributed by atoms with Crippen LogP contribution in [0.2, 0.25) is 0 Å². The molecular formula is C19H30N4O2. The van der Waals surface area contributed by atoms with Crippen molar-refractivity contribution < 1.29 is 9.53 Å². The Balaban J connectivity index is 1.61. The number of hydrogen-bond donors (Lipinski definition) is 0. The second kappa shape index (κ2) is 7.00. The predicted octanol–water partition coefficient (Wildman–Crippen LogP) is 2.12. The highest BCUT2D eigenvalue weighted by molar-refractivity contribution is 5.77. The van der Waals surface area contributed by atoms with Crippen LogP contribution in [-0.4, -0.2) is 57.5 Å². The van der Waals surface area contributed by atoms with E-state index in [-0.39, 0.29) is 17.4 Å². The fourth-order valence-corrected chi connectivity index (χ4v) is 3.35. The van der Waals surface area contributed by atoms with Crippen molar-refractivity contribution in [3.8, 4) is 0 Å². The predicted molar refractivity (Wildman–Crippen MR) is 96.1 cm³/mol. The quantitative estimate of drug-likeness (QED) is 0.839. The average Bonchev–Trinajstić information content (AvgIpc) is 2.97. The Morgan fingerprint density at radius 1 is 1.36 bits per heavy atom. The third-order valence-corrected chi connectivity index (χ3v) is 4.98. The number of morpholine rings is 1. The number of fused-ring (bicyclic) bond motifs is 1. The van der Waals surface area contributed by atoms with Gasteiger partial charge in [0.15, 0.2) is 0 Å². The Bertz CT molecular complexity index is 639. The molecule has 6 heteroatoms. The first-order chi connectivity index (χ1) is 11.7.